The van der Waals surface area contributed by atoms with E-state index in [2.05, 4.69) is 30.8 Å². The van der Waals surface area contributed by atoms with E-state index in [1.54, 1.807) is 7.05 Å². The standard InChI is InChI=1S/C24H32Cl2FN7O2/c1-29-23(31-16-6-8-36-9-7-16)30-12-17-13-34(18-4-2-14(3-5-18)22(28)35)24(32-17)33-21-19(26)10-15(25)11-20(21)27/h10-12,14,16,18H,2-9,13H2,1H3,(H2,28,35)(H,32,33)(H2,29,30,31)/b17-12+. The average molecular weight is 540 g/mol. The van der Waals surface area contributed by atoms with Crippen LogP contribution in [0.5, 0.6) is 0 Å². The van der Waals surface area contributed by atoms with E-state index in [-0.39, 0.29) is 33.6 Å². The Labute approximate surface area is 220 Å². The lowest BCUT2D eigenvalue weighted by Gasteiger charge is -2.34. The van der Waals surface area contributed by atoms with Crippen molar-refractivity contribution in [3.05, 3.63) is 39.9 Å². The maximum absolute atomic E-state index is 14.7. The number of guanidine groups is 2. The average Bonchev–Trinajstić information content (AvgIpc) is 3.27. The van der Waals surface area contributed by atoms with Crippen molar-refractivity contribution in [2.75, 3.05) is 26.8 Å². The number of rotatable bonds is 5. The molecule has 2 saturated heterocycles. The normalized spacial score (nSPS) is 25.8. The lowest BCUT2D eigenvalue weighted by Crippen LogP contribution is -2.44. The molecule has 9 nitrogen and oxygen atoms in total. The van der Waals surface area contributed by atoms with Crippen molar-refractivity contribution in [1.29, 1.82) is 0 Å². The Kier molecular flexibility index (Phi) is 8.92. The van der Waals surface area contributed by atoms with Crippen LogP contribution in [0.3, 0.4) is 0 Å². The largest absolute Gasteiger partial charge is 0.381 e. The van der Waals surface area contributed by atoms with Crippen LogP contribution in [0.4, 0.5) is 10.1 Å². The second-order valence-electron chi connectivity index (χ2n) is 9.23. The van der Waals surface area contributed by atoms with E-state index >= 15 is 0 Å². The predicted molar refractivity (Wildman–Crippen MR) is 140 cm³/mol. The summed E-state index contributed by atoms with van der Waals surface area (Å²) in [7, 11) is 1.72. The number of carbonyl (C=O) groups excluding carboxylic acids is 1. The summed E-state index contributed by atoms with van der Waals surface area (Å²) in [5, 5.41) is 10.3. The Morgan fingerprint density at radius 1 is 1.22 bits per heavy atom. The number of aliphatic imine (C=N–C) groups is 2. The number of hydrogen-bond acceptors (Lipinski definition) is 4. The summed E-state index contributed by atoms with van der Waals surface area (Å²) in [6.45, 7) is 1.99. The van der Waals surface area contributed by atoms with Crippen molar-refractivity contribution in [3.8, 4) is 0 Å². The van der Waals surface area contributed by atoms with E-state index in [9.17, 15) is 9.18 Å². The van der Waals surface area contributed by atoms with Gasteiger partial charge in [0.25, 0.3) is 0 Å². The zero-order valence-electron chi connectivity index (χ0n) is 20.2. The van der Waals surface area contributed by atoms with E-state index in [1.807, 2.05) is 6.20 Å². The van der Waals surface area contributed by atoms with Crippen LogP contribution in [0.2, 0.25) is 10.0 Å². The van der Waals surface area contributed by atoms with E-state index in [0.29, 0.717) is 37.3 Å². The van der Waals surface area contributed by atoms with Crippen LogP contribution < -0.4 is 21.7 Å². The van der Waals surface area contributed by atoms with Gasteiger partial charge in [0.2, 0.25) is 11.9 Å². The number of hydrogen-bond donors (Lipinski definition) is 4. The molecule has 2 heterocycles. The molecule has 1 saturated carbocycles. The summed E-state index contributed by atoms with van der Waals surface area (Å²) < 4.78 is 20.1. The highest BCUT2D eigenvalue weighted by atomic mass is 35.5. The summed E-state index contributed by atoms with van der Waals surface area (Å²) in [5.74, 6) is 0.167. The molecule has 0 aromatic heterocycles. The van der Waals surface area contributed by atoms with Gasteiger partial charge >= 0.3 is 0 Å². The molecule has 36 heavy (non-hydrogen) atoms. The van der Waals surface area contributed by atoms with Gasteiger partial charge in [-0.2, -0.15) is 0 Å². The lowest BCUT2D eigenvalue weighted by atomic mass is 9.85. The van der Waals surface area contributed by atoms with Gasteiger partial charge in [-0.1, -0.05) is 23.2 Å². The molecule has 1 aromatic carbocycles. The van der Waals surface area contributed by atoms with Gasteiger partial charge in [0.1, 0.15) is 5.69 Å². The van der Waals surface area contributed by atoms with Crippen LogP contribution in [-0.4, -0.2) is 61.6 Å². The number of carbonyl (C=O) groups is 1. The Bertz CT molecular complexity index is 1030. The molecule has 0 atom stereocenters. The highest BCUT2D eigenvalue weighted by Crippen LogP contribution is 2.34. The molecule has 0 spiro atoms. The molecule has 12 heteroatoms. The fourth-order valence-corrected chi connectivity index (χ4v) is 5.28. The molecule has 5 N–H and O–H groups in total. The third kappa shape index (κ3) is 6.60. The summed E-state index contributed by atoms with van der Waals surface area (Å²) in [6, 6.07) is 3.07. The number of benzene rings is 1. The van der Waals surface area contributed by atoms with E-state index in [4.69, 9.17) is 33.7 Å². The Balaban J connectivity index is 1.52. The van der Waals surface area contributed by atoms with Crippen LogP contribution >= 0.6 is 23.2 Å². The zero-order valence-corrected chi connectivity index (χ0v) is 21.7. The van der Waals surface area contributed by atoms with Crippen LogP contribution in [0.15, 0.2) is 34.0 Å². The molecule has 196 valence electrons. The second-order valence-corrected chi connectivity index (χ2v) is 10.1. The van der Waals surface area contributed by atoms with Gasteiger partial charge in [0.05, 0.1) is 17.3 Å². The van der Waals surface area contributed by atoms with E-state index in [1.165, 1.54) is 12.1 Å². The van der Waals surface area contributed by atoms with Crippen molar-refractivity contribution in [3.63, 3.8) is 0 Å². The quantitative estimate of drug-likeness (QED) is 0.337. The first-order valence-corrected chi connectivity index (χ1v) is 12.9. The molecule has 0 unspecified atom stereocenters. The highest BCUT2D eigenvalue weighted by molar-refractivity contribution is 6.36. The first-order chi connectivity index (χ1) is 17.3. The maximum atomic E-state index is 14.7. The van der Waals surface area contributed by atoms with Gasteiger partial charge < -0.3 is 31.3 Å². The molecule has 1 aliphatic carbocycles. The number of amides is 1. The van der Waals surface area contributed by atoms with Crippen LogP contribution in [0, 0.1) is 11.7 Å². The molecule has 0 bridgehead atoms. The topological polar surface area (TPSA) is 116 Å². The smallest absolute Gasteiger partial charge is 0.220 e. The Hall–Kier alpha value is -2.56. The SMILES string of the molecule is CN=C(N/C=C1\CN(C2CCC(C(N)=O)CC2)C(=Nc2c(F)cc(Cl)cc2Cl)N1)NC1CCOCC1. The van der Waals surface area contributed by atoms with Crippen LogP contribution in [0.25, 0.3) is 0 Å². The molecule has 0 radical (unpaired) electrons. The predicted octanol–water partition coefficient (Wildman–Crippen LogP) is 3.25. The highest BCUT2D eigenvalue weighted by Gasteiger charge is 2.34. The van der Waals surface area contributed by atoms with Crippen molar-refractivity contribution in [2.45, 2.75) is 50.6 Å². The monoisotopic (exact) mass is 539 g/mol. The van der Waals surface area contributed by atoms with E-state index < -0.39 is 5.82 Å². The molecular weight excluding hydrogens is 508 g/mol. The number of nitrogens with zero attached hydrogens (tertiary/aromatic N) is 3. The molecule has 1 aromatic rings. The number of nitrogens with two attached hydrogens (primary N) is 1. The van der Waals surface area contributed by atoms with Crippen LogP contribution in [-0.2, 0) is 9.53 Å². The van der Waals surface area contributed by atoms with Gasteiger partial charge in [-0.05, 0) is 50.7 Å². The number of nitrogens with one attached hydrogen (secondary N) is 3. The van der Waals surface area contributed by atoms with Crippen molar-refractivity contribution < 1.29 is 13.9 Å². The molecule has 3 fully saturated rings. The van der Waals surface area contributed by atoms with Gasteiger partial charge in [0.15, 0.2) is 11.8 Å². The minimum atomic E-state index is -0.601. The third-order valence-corrected chi connectivity index (χ3v) is 7.30. The lowest BCUT2D eigenvalue weighted by molar-refractivity contribution is -0.122. The van der Waals surface area contributed by atoms with Crippen molar-refractivity contribution in [1.82, 2.24) is 20.9 Å². The first-order valence-electron chi connectivity index (χ1n) is 12.2. The van der Waals surface area contributed by atoms with Crippen molar-refractivity contribution in [2.24, 2.45) is 21.6 Å². The second kappa shape index (κ2) is 12.1. The summed E-state index contributed by atoms with van der Waals surface area (Å²) in [4.78, 5) is 22.6. The summed E-state index contributed by atoms with van der Waals surface area (Å²) in [6.07, 6.45) is 6.64. The number of halogens is 3. The summed E-state index contributed by atoms with van der Waals surface area (Å²) in [5.41, 5.74) is 6.37. The van der Waals surface area contributed by atoms with Crippen LogP contribution in [0.1, 0.15) is 38.5 Å². The van der Waals surface area contributed by atoms with E-state index in [0.717, 1.165) is 44.6 Å². The van der Waals surface area contributed by atoms with Gasteiger partial charge in [0, 0.05) is 49.5 Å². The van der Waals surface area contributed by atoms with Crippen molar-refractivity contribution >= 4 is 46.7 Å². The van der Waals surface area contributed by atoms with Gasteiger partial charge in [-0.25, -0.2) is 9.38 Å². The van der Waals surface area contributed by atoms with Gasteiger partial charge in [-0.3, -0.25) is 9.79 Å². The molecular formula is C24H32Cl2FN7O2. The molecule has 3 aliphatic rings. The fraction of sp³-hybridized carbons (Fsp3) is 0.542. The maximum Gasteiger partial charge on any atom is 0.220 e. The summed E-state index contributed by atoms with van der Waals surface area (Å²) >= 11 is 12.2. The Morgan fingerprint density at radius 3 is 2.58 bits per heavy atom. The first kappa shape index (κ1) is 26.5. The number of primary amides is 1. The van der Waals surface area contributed by atoms with Gasteiger partial charge in [-0.15, -0.1) is 0 Å². The zero-order chi connectivity index (χ0) is 25.7. The molecule has 2 aliphatic heterocycles. The minimum Gasteiger partial charge on any atom is -0.381 e. The Morgan fingerprint density at radius 2 is 1.94 bits per heavy atom. The third-order valence-electron chi connectivity index (χ3n) is 6.79. The fourth-order valence-electron chi connectivity index (χ4n) is 4.77. The molecule has 4 rings (SSSR count). The molecule has 1 amide bonds. The minimum absolute atomic E-state index is 0.0191. The number of ether oxygens (including phenoxy) is 1.